The van der Waals surface area contributed by atoms with Crippen LogP contribution in [-0.4, -0.2) is 45.9 Å². The Labute approximate surface area is 140 Å². The Morgan fingerprint density at radius 1 is 1.29 bits per heavy atom. The molecule has 0 unspecified atom stereocenters. The van der Waals surface area contributed by atoms with E-state index >= 15 is 0 Å². The third-order valence-electron chi connectivity index (χ3n) is 3.22. The minimum atomic E-state index is -0.663. The number of hydrogen-bond acceptors (Lipinski definition) is 6. The number of hydrogen-bond donors (Lipinski definition) is 1. The maximum atomic E-state index is 12.0. The van der Waals surface area contributed by atoms with E-state index in [1.165, 1.54) is 23.6 Å². The van der Waals surface area contributed by atoms with Crippen molar-refractivity contribution in [3.63, 3.8) is 0 Å². The van der Waals surface area contributed by atoms with Crippen LogP contribution < -0.4 is 16.6 Å². The second-order valence-corrected chi connectivity index (χ2v) is 6.37. The minimum Gasteiger partial charge on any atom is -0.444 e. The molecule has 1 aromatic heterocycles. The summed E-state index contributed by atoms with van der Waals surface area (Å²) in [6.07, 6.45) is -0.484. The molecule has 0 spiro atoms. The van der Waals surface area contributed by atoms with Gasteiger partial charge in [0.1, 0.15) is 17.5 Å². The molecular formula is C15H23N5O4. The molecule has 0 bridgehead atoms. The summed E-state index contributed by atoms with van der Waals surface area (Å²) in [7, 11) is 4.35. The fourth-order valence-electron chi connectivity index (χ4n) is 1.93. The van der Waals surface area contributed by atoms with Gasteiger partial charge < -0.3 is 15.0 Å². The number of nitriles is 1. The van der Waals surface area contributed by atoms with E-state index in [0.29, 0.717) is 0 Å². The lowest BCUT2D eigenvalue weighted by atomic mass is 10.2. The molecule has 9 heteroatoms. The van der Waals surface area contributed by atoms with Crippen molar-refractivity contribution in [2.75, 3.05) is 25.5 Å². The highest BCUT2D eigenvalue weighted by molar-refractivity contribution is 5.67. The van der Waals surface area contributed by atoms with Crippen LogP contribution in [0.2, 0.25) is 0 Å². The molecule has 1 amide bonds. The standard InChI is InChI=1S/C15H23N5O4/c1-15(2,3)24-14(23)18(4)8-7-17-11-10(9-16)12(21)20(6)13(22)19(11)5/h17H,7-8H2,1-6H3. The van der Waals surface area contributed by atoms with Crippen LogP contribution in [0.3, 0.4) is 0 Å². The Morgan fingerprint density at radius 3 is 2.38 bits per heavy atom. The van der Waals surface area contributed by atoms with E-state index in [4.69, 9.17) is 10.00 Å². The van der Waals surface area contributed by atoms with Crippen LogP contribution in [0.1, 0.15) is 26.3 Å². The molecule has 1 aromatic rings. The van der Waals surface area contributed by atoms with Crippen LogP contribution in [0.25, 0.3) is 0 Å². The van der Waals surface area contributed by atoms with Crippen molar-refractivity contribution in [3.8, 4) is 6.07 Å². The second kappa shape index (κ2) is 7.21. The fraction of sp³-hybridized carbons (Fsp3) is 0.600. The Bertz CT molecular complexity index is 779. The first kappa shape index (κ1) is 19.3. The number of nitrogens with zero attached hydrogens (tertiary/aromatic N) is 4. The number of nitrogens with one attached hydrogen (secondary N) is 1. The molecule has 0 radical (unpaired) electrons. The number of rotatable bonds is 4. The number of carbonyl (C=O) groups is 1. The van der Waals surface area contributed by atoms with Gasteiger partial charge in [-0.25, -0.2) is 9.59 Å². The number of likely N-dealkylation sites (N-methyl/N-ethyl adjacent to an activating group) is 1. The molecule has 0 saturated heterocycles. The van der Waals surface area contributed by atoms with Gasteiger partial charge in [-0.15, -0.1) is 0 Å². The quantitative estimate of drug-likeness (QED) is 0.842. The summed E-state index contributed by atoms with van der Waals surface area (Å²) in [6, 6.07) is 1.80. The van der Waals surface area contributed by atoms with Gasteiger partial charge in [-0.3, -0.25) is 13.9 Å². The van der Waals surface area contributed by atoms with E-state index in [9.17, 15) is 14.4 Å². The molecule has 132 valence electrons. The zero-order valence-electron chi connectivity index (χ0n) is 14.8. The van der Waals surface area contributed by atoms with Crippen molar-refractivity contribution in [2.24, 2.45) is 14.1 Å². The van der Waals surface area contributed by atoms with Crippen molar-refractivity contribution in [3.05, 3.63) is 26.4 Å². The van der Waals surface area contributed by atoms with Crippen LogP contribution in [0, 0.1) is 11.3 Å². The molecule has 0 aliphatic rings. The third kappa shape index (κ3) is 4.38. The van der Waals surface area contributed by atoms with Gasteiger partial charge in [0.25, 0.3) is 5.56 Å². The van der Waals surface area contributed by atoms with Gasteiger partial charge in [-0.05, 0) is 20.8 Å². The Morgan fingerprint density at radius 2 is 1.88 bits per heavy atom. The van der Waals surface area contributed by atoms with Crippen molar-refractivity contribution in [1.29, 1.82) is 5.26 Å². The number of ether oxygens (including phenoxy) is 1. The Balaban J connectivity index is 2.87. The van der Waals surface area contributed by atoms with E-state index in [1.807, 2.05) is 0 Å². The topological polar surface area (TPSA) is 109 Å². The molecule has 0 aromatic carbocycles. The molecule has 0 atom stereocenters. The maximum absolute atomic E-state index is 12.0. The van der Waals surface area contributed by atoms with Crippen LogP contribution in [0.4, 0.5) is 10.6 Å². The van der Waals surface area contributed by atoms with Crippen LogP contribution >= 0.6 is 0 Å². The largest absolute Gasteiger partial charge is 0.444 e. The Hall–Kier alpha value is -2.76. The zero-order valence-corrected chi connectivity index (χ0v) is 14.8. The first-order valence-electron chi connectivity index (χ1n) is 7.37. The molecule has 0 aliphatic heterocycles. The van der Waals surface area contributed by atoms with Crippen molar-refractivity contribution < 1.29 is 9.53 Å². The van der Waals surface area contributed by atoms with Gasteiger partial charge in [0.2, 0.25) is 0 Å². The van der Waals surface area contributed by atoms with Gasteiger partial charge in [0.15, 0.2) is 5.56 Å². The number of amides is 1. The highest BCUT2D eigenvalue weighted by Gasteiger charge is 2.20. The molecule has 9 nitrogen and oxygen atoms in total. The van der Waals surface area contributed by atoms with E-state index < -0.39 is 22.9 Å². The summed E-state index contributed by atoms with van der Waals surface area (Å²) >= 11 is 0. The lowest BCUT2D eigenvalue weighted by Crippen LogP contribution is -2.41. The van der Waals surface area contributed by atoms with E-state index in [-0.39, 0.29) is 24.5 Å². The number of anilines is 1. The lowest BCUT2D eigenvalue weighted by Gasteiger charge is -2.25. The smallest absolute Gasteiger partial charge is 0.410 e. The molecule has 24 heavy (non-hydrogen) atoms. The maximum Gasteiger partial charge on any atom is 0.410 e. The van der Waals surface area contributed by atoms with E-state index in [0.717, 1.165) is 4.57 Å². The Kier molecular flexibility index (Phi) is 5.79. The summed E-state index contributed by atoms with van der Waals surface area (Å²) in [5, 5.41) is 12.0. The molecule has 0 fully saturated rings. The highest BCUT2D eigenvalue weighted by atomic mass is 16.6. The predicted molar refractivity (Wildman–Crippen MR) is 89.0 cm³/mol. The SMILES string of the molecule is CN(CCNc1c(C#N)c(=O)n(C)c(=O)n1C)C(=O)OC(C)(C)C. The van der Waals surface area contributed by atoms with Crippen LogP contribution in [0.15, 0.2) is 9.59 Å². The monoisotopic (exact) mass is 337 g/mol. The van der Waals surface area contributed by atoms with Gasteiger partial charge >= 0.3 is 11.8 Å². The summed E-state index contributed by atoms with van der Waals surface area (Å²) < 4.78 is 7.28. The summed E-state index contributed by atoms with van der Waals surface area (Å²) in [6.45, 7) is 5.82. The average Bonchev–Trinajstić information content (AvgIpc) is 2.48. The first-order chi connectivity index (χ1) is 11.0. The summed E-state index contributed by atoms with van der Waals surface area (Å²) in [5.41, 5.74) is -1.95. The summed E-state index contributed by atoms with van der Waals surface area (Å²) in [5.74, 6) is 0.128. The molecule has 1 rings (SSSR count). The first-order valence-corrected chi connectivity index (χ1v) is 7.37. The van der Waals surface area contributed by atoms with Gasteiger partial charge in [-0.1, -0.05) is 0 Å². The van der Waals surface area contributed by atoms with Gasteiger partial charge in [-0.2, -0.15) is 5.26 Å². The van der Waals surface area contributed by atoms with Crippen molar-refractivity contribution >= 4 is 11.9 Å². The third-order valence-corrected chi connectivity index (χ3v) is 3.22. The highest BCUT2D eigenvalue weighted by Crippen LogP contribution is 2.09. The van der Waals surface area contributed by atoms with Gasteiger partial charge in [0.05, 0.1) is 0 Å². The van der Waals surface area contributed by atoms with E-state index in [2.05, 4.69) is 5.32 Å². The van der Waals surface area contributed by atoms with Crippen molar-refractivity contribution in [1.82, 2.24) is 14.0 Å². The van der Waals surface area contributed by atoms with Crippen LogP contribution in [-0.2, 0) is 18.8 Å². The van der Waals surface area contributed by atoms with E-state index in [1.54, 1.807) is 33.9 Å². The average molecular weight is 337 g/mol. The molecule has 1 N–H and O–H groups in total. The van der Waals surface area contributed by atoms with Gasteiger partial charge in [0, 0.05) is 34.2 Å². The number of carbonyl (C=O) groups excluding carboxylic acids is 1. The zero-order chi connectivity index (χ0) is 18.7. The normalized spacial score (nSPS) is 10.9. The number of aromatic nitrogens is 2. The second-order valence-electron chi connectivity index (χ2n) is 6.37. The molecule has 1 heterocycles. The minimum absolute atomic E-state index is 0.128. The van der Waals surface area contributed by atoms with Crippen molar-refractivity contribution in [2.45, 2.75) is 26.4 Å². The molecular weight excluding hydrogens is 314 g/mol. The predicted octanol–water partition coefficient (Wildman–Crippen LogP) is 0.234. The fourth-order valence-corrected chi connectivity index (χ4v) is 1.93. The van der Waals surface area contributed by atoms with Crippen LogP contribution in [0.5, 0.6) is 0 Å². The molecule has 0 aliphatic carbocycles. The molecule has 0 saturated carbocycles. The summed E-state index contributed by atoms with van der Waals surface area (Å²) in [4.78, 5) is 37.1. The lowest BCUT2D eigenvalue weighted by molar-refractivity contribution is 0.0305.